The Kier molecular flexibility index (Phi) is 5.04. The number of carbonyl (C=O) groups excluding carboxylic acids is 1. The van der Waals surface area contributed by atoms with E-state index in [-0.39, 0.29) is 12.6 Å². The van der Waals surface area contributed by atoms with Crippen LogP contribution < -0.4 is 10.6 Å². The number of aliphatic hydroxyl groups is 1. The van der Waals surface area contributed by atoms with Gasteiger partial charge in [-0.3, -0.25) is 0 Å². The van der Waals surface area contributed by atoms with E-state index in [4.69, 9.17) is 10.2 Å². The third-order valence-electron chi connectivity index (χ3n) is 2.68. The number of amides is 2. The van der Waals surface area contributed by atoms with Gasteiger partial charge in [-0.05, 0) is 12.8 Å². The SMILES string of the molecule is O=C(NC[C@H](O)C(=O)O)NC1CCCCC1. The monoisotopic (exact) mass is 230 g/mol. The molecule has 1 fully saturated rings. The highest BCUT2D eigenvalue weighted by Crippen LogP contribution is 2.16. The van der Waals surface area contributed by atoms with Crippen molar-refractivity contribution in [2.75, 3.05) is 6.54 Å². The molecule has 0 radical (unpaired) electrons. The number of carbonyl (C=O) groups is 2. The fraction of sp³-hybridized carbons (Fsp3) is 0.800. The van der Waals surface area contributed by atoms with Gasteiger partial charge in [0.05, 0.1) is 6.54 Å². The lowest BCUT2D eigenvalue weighted by Crippen LogP contribution is -2.46. The van der Waals surface area contributed by atoms with Crippen LogP contribution in [0.3, 0.4) is 0 Å². The zero-order valence-corrected chi connectivity index (χ0v) is 9.11. The Morgan fingerprint density at radius 1 is 1.25 bits per heavy atom. The summed E-state index contributed by atoms with van der Waals surface area (Å²) in [5.74, 6) is -1.34. The van der Waals surface area contributed by atoms with E-state index in [0.29, 0.717) is 0 Å². The Bertz CT molecular complexity index is 251. The summed E-state index contributed by atoms with van der Waals surface area (Å²) in [7, 11) is 0. The first-order valence-corrected chi connectivity index (χ1v) is 5.55. The minimum Gasteiger partial charge on any atom is -0.479 e. The molecule has 6 nitrogen and oxygen atoms in total. The molecule has 1 atom stereocenters. The van der Waals surface area contributed by atoms with Crippen molar-refractivity contribution in [3.05, 3.63) is 0 Å². The molecule has 1 saturated carbocycles. The molecule has 0 bridgehead atoms. The summed E-state index contributed by atoms with van der Waals surface area (Å²) >= 11 is 0. The van der Waals surface area contributed by atoms with E-state index >= 15 is 0 Å². The fourth-order valence-electron chi connectivity index (χ4n) is 1.76. The van der Waals surface area contributed by atoms with Gasteiger partial charge in [-0.25, -0.2) is 9.59 Å². The van der Waals surface area contributed by atoms with Crippen molar-refractivity contribution < 1.29 is 19.8 Å². The van der Waals surface area contributed by atoms with Gasteiger partial charge in [0.15, 0.2) is 6.10 Å². The number of nitrogens with one attached hydrogen (secondary N) is 2. The zero-order valence-electron chi connectivity index (χ0n) is 9.11. The lowest BCUT2D eigenvalue weighted by atomic mass is 9.96. The number of hydrogen-bond donors (Lipinski definition) is 4. The van der Waals surface area contributed by atoms with Gasteiger partial charge in [0, 0.05) is 6.04 Å². The Morgan fingerprint density at radius 3 is 2.44 bits per heavy atom. The summed E-state index contributed by atoms with van der Waals surface area (Å²) in [6, 6.07) is -0.233. The van der Waals surface area contributed by atoms with Crippen LogP contribution in [0.15, 0.2) is 0 Å². The normalized spacial score (nSPS) is 18.8. The maximum absolute atomic E-state index is 11.3. The van der Waals surface area contributed by atoms with Gasteiger partial charge in [0.25, 0.3) is 0 Å². The van der Waals surface area contributed by atoms with Crippen LogP contribution in [0, 0.1) is 0 Å². The Balaban J connectivity index is 2.17. The van der Waals surface area contributed by atoms with Gasteiger partial charge in [-0.15, -0.1) is 0 Å². The van der Waals surface area contributed by atoms with Crippen LogP contribution in [0.2, 0.25) is 0 Å². The molecule has 1 aliphatic rings. The van der Waals surface area contributed by atoms with Crippen LogP contribution in [0.4, 0.5) is 4.79 Å². The third-order valence-corrected chi connectivity index (χ3v) is 2.68. The van der Waals surface area contributed by atoms with Crippen LogP contribution >= 0.6 is 0 Å². The van der Waals surface area contributed by atoms with Crippen LogP contribution in [-0.4, -0.2) is 40.9 Å². The van der Waals surface area contributed by atoms with E-state index in [2.05, 4.69) is 10.6 Å². The van der Waals surface area contributed by atoms with E-state index in [1.54, 1.807) is 0 Å². The van der Waals surface area contributed by atoms with Gasteiger partial charge in [-0.2, -0.15) is 0 Å². The number of aliphatic hydroxyl groups excluding tert-OH is 1. The smallest absolute Gasteiger partial charge is 0.334 e. The molecule has 92 valence electrons. The number of urea groups is 1. The summed E-state index contributed by atoms with van der Waals surface area (Å²) in [5.41, 5.74) is 0. The molecule has 1 rings (SSSR count). The first-order chi connectivity index (χ1) is 7.59. The quantitative estimate of drug-likeness (QED) is 0.549. The summed E-state index contributed by atoms with van der Waals surface area (Å²) < 4.78 is 0. The molecule has 16 heavy (non-hydrogen) atoms. The van der Waals surface area contributed by atoms with Crippen molar-refractivity contribution in [1.29, 1.82) is 0 Å². The number of hydrogen-bond acceptors (Lipinski definition) is 3. The molecule has 0 aliphatic heterocycles. The average molecular weight is 230 g/mol. The number of carboxylic acid groups (broad SMARTS) is 1. The van der Waals surface area contributed by atoms with Gasteiger partial charge < -0.3 is 20.8 Å². The van der Waals surface area contributed by atoms with Crippen LogP contribution in [0.1, 0.15) is 32.1 Å². The minimum atomic E-state index is -1.54. The van der Waals surface area contributed by atoms with Crippen LogP contribution in [0.25, 0.3) is 0 Å². The number of aliphatic carboxylic acids is 1. The van der Waals surface area contributed by atoms with Crippen LogP contribution in [0.5, 0.6) is 0 Å². The third kappa shape index (κ3) is 4.48. The maximum atomic E-state index is 11.3. The molecule has 4 N–H and O–H groups in total. The summed E-state index contributed by atoms with van der Waals surface area (Å²) in [5, 5.41) is 22.4. The molecule has 0 aromatic carbocycles. The van der Waals surface area contributed by atoms with Crippen molar-refractivity contribution in [3.63, 3.8) is 0 Å². The second-order valence-electron chi connectivity index (χ2n) is 4.04. The molecule has 0 aromatic heterocycles. The summed E-state index contributed by atoms with van der Waals surface area (Å²) in [4.78, 5) is 21.6. The van der Waals surface area contributed by atoms with E-state index in [1.807, 2.05) is 0 Å². The molecular formula is C10H18N2O4. The fourth-order valence-corrected chi connectivity index (χ4v) is 1.76. The zero-order chi connectivity index (χ0) is 12.0. The van der Waals surface area contributed by atoms with E-state index < -0.39 is 18.1 Å². The standard InChI is InChI=1S/C10H18N2O4/c13-8(9(14)15)6-11-10(16)12-7-4-2-1-3-5-7/h7-8,13H,1-6H2,(H,14,15)(H2,11,12,16)/t8-/m0/s1. The van der Waals surface area contributed by atoms with Crippen molar-refractivity contribution in [2.24, 2.45) is 0 Å². The average Bonchev–Trinajstić information content (AvgIpc) is 2.27. The van der Waals surface area contributed by atoms with Gasteiger partial charge in [-0.1, -0.05) is 19.3 Å². The molecule has 0 saturated heterocycles. The molecule has 0 unspecified atom stereocenters. The summed E-state index contributed by atoms with van der Waals surface area (Å²) in [6.45, 7) is -0.270. The van der Waals surface area contributed by atoms with Crippen molar-refractivity contribution >= 4 is 12.0 Å². The van der Waals surface area contributed by atoms with Crippen LogP contribution in [-0.2, 0) is 4.79 Å². The molecule has 0 heterocycles. The highest BCUT2D eigenvalue weighted by molar-refractivity contribution is 5.76. The van der Waals surface area contributed by atoms with Crippen molar-refractivity contribution in [3.8, 4) is 0 Å². The van der Waals surface area contributed by atoms with Gasteiger partial charge in [0.2, 0.25) is 0 Å². The topological polar surface area (TPSA) is 98.7 Å². The maximum Gasteiger partial charge on any atom is 0.334 e. The Labute approximate surface area is 94.0 Å². The lowest BCUT2D eigenvalue weighted by molar-refractivity contribution is -0.146. The molecule has 0 spiro atoms. The van der Waals surface area contributed by atoms with Crippen molar-refractivity contribution in [1.82, 2.24) is 10.6 Å². The Hall–Kier alpha value is -1.30. The highest BCUT2D eigenvalue weighted by atomic mass is 16.4. The molecule has 2 amide bonds. The second kappa shape index (κ2) is 6.32. The first-order valence-electron chi connectivity index (χ1n) is 5.55. The van der Waals surface area contributed by atoms with E-state index in [9.17, 15) is 9.59 Å². The number of rotatable bonds is 4. The first kappa shape index (κ1) is 12.8. The number of carboxylic acids is 1. The summed E-state index contributed by atoms with van der Waals surface area (Å²) in [6.07, 6.45) is 3.82. The molecule has 6 heteroatoms. The van der Waals surface area contributed by atoms with Crippen molar-refractivity contribution in [2.45, 2.75) is 44.2 Å². The highest BCUT2D eigenvalue weighted by Gasteiger charge is 2.17. The largest absolute Gasteiger partial charge is 0.479 e. The second-order valence-corrected chi connectivity index (χ2v) is 4.04. The van der Waals surface area contributed by atoms with E-state index in [1.165, 1.54) is 6.42 Å². The predicted octanol–water partition coefficient (Wildman–Crippen LogP) is 0.0638. The predicted molar refractivity (Wildman–Crippen MR) is 57.1 cm³/mol. The molecule has 0 aromatic rings. The lowest BCUT2D eigenvalue weighted by Gasteiger charge is -2.23. The minimum absolute atomic E-state index is 0.177. The van der Waals surface area contributed by atoms with E-state index in [0.717, 1.165) is 25.7 Å². The molecular weight excluding hydrogens is 212 g/mol. The van der Waals surface area contributed by atoms with Gasteiger partial charge >= 0.3 is 12.0 Å². The Morgan fingerprint density at radius 2 is 1.88 bits per heavy atom. The van der Waals surface area contributed by atoms with Gasteiger partial charge in [0.1, 0.15) is 0 Å². The molecule has 1 aliphatic carbocycles.